The van der Waals surface area contributed by atoms with Crippen molar-refractivity contribution < 1.29 is 17.6 Å². The van der Waals surface area contributed by atoms with E-state index in [2.05, 4.69) is 9.71 Å². The van der Waals surface area contributed by atoms with Crippen LogP contribution in [0.2, 0.25) is 0 Å². The summed E-state index contributed by atoms with van der Waals surface area (Å²) in [6, 6.07) is 11.1. The molecule has 0 aliphatic heterocycles. The minimum absolute atomic E-state index is 0.0229. The molecule has 0 bridgehead atoms. The molecule has 31 heavy (non-hydrogen) atoms. The number of anilines is 1. The van der Waals surface area contributed by atoms with Crippen LogP contribution in [0.4, 0.5) is 5.69 Å². The third-order valence-electron chi connectivity index (χ3n) is 5.15. The van der Waals surface area contributed by atoms with Crippen molar-refractivity contribution >= 4 is 43.6 Å². The van der Waals surface area contributed by atoms with E-state index in [1.165, 1.54) is 18.2 Å². The standard InChI is InChI=1S/C21H22N4O5S/c1-3-24(4-2)20(26)13-25-10-9-14-11-15(5-8-18(14)25)23-31(28,29)16-6-7-17-19(12-16)30-21(27)22-17/h5-12,23H,3-4,13H2,1-2H3,(H,22,27). The molecular formula is C21H22N4O5S. The van der Waals surface area contributed by atoms with E-state index in [-0.39, 0.29) is 22.9 Å². The average molecular weight is 442 g/mol. The van der Waals surface area contributed by atoms with E-state index in [4.69, 9.17) is 4.42 Å². The Kier molecular flexibility index (Phi) is 5.32. The highest BCUT2D eigenvalue weighted by Crippen LogP contribution is 2.24. The first kappa shape index (κ1) is 20.7. The van der Waals surface area contributed by atoms with Crippen LogP contribution in [0.15, 0.2) is 62.8 Å². The summed E-state index contributed by atoms with van der Waals surface area (Å²) in [6.45, 7) is 5.40. The fraction of sp³-hybridized carbons (Fsp3) is 0.238. The van der Waals surface area contributed by atoms with Gasteiger partial charge in [-0.3, -0.25) is 14.5 Å². The Labute approximate surface area is 178 Å². The monoisotopic (exact) mass is 442 g/mol. The Morgan fingerprint density at radius 2 is 1.90 bits per heavy atom. The van der Waals surface area contributed by atoms with Gasteiger partial charge in [0.25, 0.3) is 10.0 Å². The number of nitrogens with one attached hydrogen (secondary N) is 2. The van der Waals surface area contributed by atoms with Gasteiger partial charge in [0.1, 0.15) is 6.54 Å². The van der Waals surface area contributed by atoms with Gasteiger partial charge in [0.05, 0.1) is 10.4 Å². The van der Waals surface area contributed by atoms with Gasteiger partial charge >= 0.3 is 5.76 Å². The molecule has 10 heteroatoms. The van der Waals surface area contributed by atoms with Gasteiger partial charge in [-0.1, -0.05) is 0 Å². The van der Waals surface area contributed by atoms with E-state index in [0.29, 0.717) is 24.3 Å². The number of hydrogen-bond acceptors (Lipinski definition) is 5. The maximum atomic E-state index is 12.8. The van der Waals surface area contributed by atoms with E-state index >= 15 is 0 Å². The molecule has 0 fully saturated rings. The molecule has 2 N–H and O–H groups in total. The van der Waals surface area contributed by atoms with Crippen molar-refractivity contribution in [2.45, 2.75) is 25.3 Å². The van der Waals surface area contributed by atoms with Gasteiger partial charge in [0.2, 0.25) is 5.91 Å². The Morgan fingerprint density at radius 3 is 2.65 bits per heavy atom. The summed E-state index contributed by atoms with van der Waals surface area (Å²) in [7, 11) is -3.89. The number of sulfonamides is 1. The van der Waals surface area contributed by atoms with Crippen molar-refractivity contribution in [3.8, 4) is 0 Å². The molecular weight excluding hydrogens is 420 g/mol. The van der Waals surface area contributed by atoms with Crippen LogP contribution in [0.3, 0.4) is 0 Å². The second-order valence-electron chi connectivity index (χ2n) is 7.06. The minimum atomic E-state index is -3.89. The fourth-order valence-electron chi connectivity index (χ4n) is 3.53. The van der Waals surface area contributed by atoms with E-state index in [0.717, 1.165) is 10.9 Å². The lowest BCUT2D eigenvalue weighted by Crippen LogP contribution is -2.33. The second-order valence-corrected chi connectivity index (χ2v) is 8.74. The number of aromatic nitrogens is 2. The summed E-state index contributed by atoms with van der Waals surface area (Å²) in [5.74, 6) is -0.619. The SMILES string of the molecule is CCN(CC)C(=O)Cn1ccc2cc(NS(=O)(=O)c3ccc4[nH]c(=O)oc4c3)ccc21. The van der Waals surface area contributed by atoms with Crippen molar-refractivity contribution in [2.24, 2.45) is 0 Å². The van der Waals surface area contributed by atoms with Crippen molar-refractivity contribution in [1.29, 1.82) is 0 Å². The molecule has 0 spiro atoms. The van der Waals surface area contributed by atoms with E-state index < -0.39 is 15.8 Å². The second kappa shape index (κ2) is 7.95. The molecule has 0 saturated carbocycles. The largest absolute Gasteiger partial charge is 0.417 e. The number of hydrogen-bond donors (Lipinski definition) is 2. The quantitative estimate of drug-likeness (QED) is 0.456. The number of nitrogens with zero attached hydrogens (tertiary/aromatic N) is 2. The van der Waals surface area contributed by atoms with Crippen molar-refractivity contribution in [3.05, 3.63) is 59.2 Å². The number of aromatic amines is 1. The molecule has 0 atom stereocenters. The number of H-pyrrole nitrogens is 1. The Hall–Kier alpha value is -3.53. The number of benzene rings is 2. The predicted octanol–water partition coefficient (Wildman–Crippen LogP) is 2.75. The lowest BCUT2D eigenvalue weighted by Gasteiger charge is -2.19. The van der Waals surface area contributed by atoms with Crippen molar-refractivity contribution in [1.82, 2.24) is 14.5 Å². The number of oxazole rings is 1. The third kappa shape index (κ3) is 4.06. The molecule has 162 valence electrons. The van der Waals surface area contributed by atoms with Gasteiger partial charge in [0, 0.05) is 41.9 Å². The van der Waals surface area contributed by atoms with Gasteiger partial charge < -0.3 is 13.9 Å². The van der Waals surface area contributed by atoms with Crippen molar-refractivity contribution in [3.63, 3.8) is 0 Å². The zero-order chi connectivity index (χ0) is 22.2. The van der Waals surface area contributed by atoms with Gasteiger partial charge in [-0.25, -0.2) is 13.2 Å². The van der Waals surface area contributed by atoms with Crippen LogP contribution in [0, 0.1) is 0 Å². The first-order valence-corrected chi connectivity index (χ1v) is 11.3. The first-order chi connectivity index (χ1) is 14.8. The molecule has 0 aliphatic carbocycles. The normalized spacial score (nSPS) is 11.8. The summed E-state index contributed by atoms with van der Waals surface area (Å²) in [6.07, 6.45) is 1.81. The minimum Gasteiger partial charge on any atom is -0.408 e. The molecule has 9 nitrogen and oxygen atoms in total. The summed E-state index contributed by atoms with van der Waals surface area (Å²) >= 11 is 0. The molecule has 4 aromatic rings. The van der Waals surface area contributed by atoms with Gasteiger partial charge in [-0.15, -0.1) is 0 Å². The molecule has 0 unspecified atom stereocenters. The highest BCUT2D eigenvalue weighted by Gasteiger charge is 2.17. The van der Waals surface area contributed by atoms with E-state index in [1.807, 2.05) is 30.7 Å². The average Bonchev–Trinajstić information content (AvgIpc) is 3.30. The predicted molar refractivity (Wildman–Crippen MR) is 118 cm³/mol. The Morgan fingerprint density at radius 1 is 1.13 bits per heavy atom. The summed E-state index contributed by atoms with van der Waals surface area (Å²) < 4.78 is 34.9. The van der Waals surface area contributed by atoms with Crippen LogP contribution < -0.4 is 10.5 Å². The number of rotatable bonds is 7. The maximum absolute atomic E-state index is 12.8. The lowest BCUT2D eigenvalue weighted by molar-refractivity contribution is -0.131. The van der Waals surface area contributed by atoms with E-state index in [9.17, 15) is 18.0 Å². The van der Waals surface area contributed by atoms with Gasteiger partial charge in [-0.05, 0) is 50.2 Å². The molecule has 2 aromatic heterocycles. The van der Waals surface area contributed by atoms with Crippen molar-refractivity contribution in [2.75, 3.05) is 17.8 Å². The summed E-state index contributed by atoms with van der Waals surface area (Å²) in [5, 5.41) is 0.805. The topological polar surface area (TPSA) is 117 Å². The highest BCUT2D eigenvalue weighted by atomic mass is 32.2. The zero-order valence-corrected chi connectivity index (χ0v) is 17.9. The van der Waals surface area contributed by atoms with Crippen LogP contribution in [0.5, 0.6) is 0 Å². The van der Waals surface area contributed by atoms with Crippen LogP contribution in [0.25, 0.3) is 22.0 Å². The molecule has 2 aromatic carbocycles. The molecule has 0 saturated heterocycles. The van der Waals surface area contributed by atoms with Crippen LogP contribution in [-0.2, 0) is 21.4 Å². The Balaban J connectivity index is 1.58. The number of carbonyl (C=O) groups is 1. The van der Waals surface area contributed by atoms with Gasteiger partial charge in [-0.2, -0.15) is 0 Å². The van der Waals surface area contributed by atoms with Gasteiger partial charge in [0.15, 0.2) is 5.58 Å². The maximum Gasteiger partial charge on any atom is 0.417 e. The number of amides is 1. The molecule has 0 radical (unpaired) electrons. The molecule has 2 heterocycles. The first-order valence-electron chi connectivity index (χ1n) is 9.83. The smallest absolute Gasteiger partial charge is 0.408 e. The highest BCUT2D eigenvalue weighted by molar-refractivity contribution is 7.92. The van der Waals surface area contributed by atoms with Crippen LogP contribution in [-0.4, -0.2) is 41.9 Å². The number of carbonyl (C=O) groups excluding carboxylic acids is 1. The number of fused-ring (bicyclic) bond motifs is 2. The van der Waals surface area contributed by atoms with Crippen LogP contribution >= 0.6 is 0 Å². The Bertz CT molecular complexity index is 1430. The molecule has 4 rings (SSSR count). The summed E-state index contributed by atoms with van der Waals surface area (Å²) in [4.78, 5) is 27.9. The molecule has 0 aliphatic rings. The number of likely N-dealkylation sites (N-methyl/N-ethyl adjacent to an activating group) is 1. The fourth-order valence-corrected chi connectivity index (χ4v) is 4.59. The molecule has 1 amide bonds. The van der Waals surface area contributed by atoms with E-state index in [1.54, 1.807) is 23.1 Å². The zero-order valence-electron chi connectivity index (χ0n) is 17.1. The van der Waals surface area contributed by atoms with Crippen LogP contribution in [0.1, 0.15) is 13.8 Å². The summed E-state index contributed by atoms with van der Waals surface area (Å²) in [5.41, 5.74) is 1.80. The lowest BCUT2D eigenvalue weighted by atomic mass is 10.2. The third-order valence-corrected chi connectivity index (χ3v) is 6.53.